The first-order valence-electron chi connectivity index (χ1n) is 7.70. The normalized spacial score (nSPS) is 10.1. The van der Waals surface area contributed by atoms with E-state index < -0.39 is 18.5 Å². The summed E-state index contributed by atoms with van der Waals surface area (Å²) in [6.07, 6.45) is 0. The van der Waals surface area contributed by atoms with Crippen molar-refractivity contribution in [3.05, 3.63) is 53.1 Å². The van der Waals surface area contributed by atoms with Crippen molar-refractivity contribution in [3.8, 4) is 11.5 Å². The van der Waals surface area contributed by atoms with E-state index in [0.29, 0.717) is 17.2 Å². The Morgan fingerprint density at radius 2 is 1.64 bits per heavy atom. The van der Waals surface area contributed by atoms with Gasteiger partial charge in [0.2, 0.25) is 0 Å². The molecule has 2 rings (SSSR count). The highest BCUT2D eigenvalue weighted by Crippen LogP contribution is 2.24. The molecule has 0 saturated heterocycles. The third-order valence-electron chi connectivity index (χ3n) is 3.47. The molecule has 0 aromatic heterocycles. The molecule has 0 spiro atoms. The number of methoxy groups -OCH3 is 2. The van der Waals surface area contributed by atoms with Gasteiger partial charge in [0.05, 0.1) is 14.2 Å². The summed E-state index contributed by atoms with van der Waals surface area (Å²) in [6, 6.07) is 10.5. The zero-order valence-corrected chi connectivity index (χ0v) is 14.7. The molecule has 2 aromatic carbocycles. The monoisotopic (exact) mass is 343 g/mol. The standard InChI is InChI=1S/C19H21NO5/c1-12-7-13(2)9-14(8-12)20-18(21)11-25-19(22)16-10-15(23-3)5-6-17(16)24-4/h5-10H,11H2,1-4H3,(H,20,21). The van der Waals surface area contributed by atoms with Gasteiger partial charge in [-0.25, -0.2) is 4.79 Å². The van der Waals surface area contributed by atoms with Crippen LogP contribution in [0.15, 0.2) is 36.4 Å². The molecule has 0 aliphatic heterocycles. The molecule has 0 radical (unpaired) electrons. The topological polar surface area (TPSA) is 73.9 Å². The zero-order valence-electron chi connectivity index (χ0n) is 14.7. The number of aryl methyl sites for hydroxylation is 2. The number of carbonyl (C=O) groups is 2. The minimum atomic E-state index is -0.661. The van der Waals surface area contributed by atoms with Crippen LogP contribution in [-0.4, -0.2) is 32.7 Å². The van der Waals surface area contributed by atoms with Crippen molar-refractivity contribution in [3.63, 3.8) is 0 Å². The SMILES string of the molecule is COc1ccc(OC)c(C(=O)OCC(=O)Nc2cc(C)cc(C)c2)c1. The molecule has 1 N–H and O–H groups in total. The van der Waals surface area contributed by atoms with E-state index in [4.69, 9.17) is 14.2 Å². The van der Waals surface area contributed by atoms with Crippen LogP contribution in [-0.2, 0) is 9.53 Å². The Labute approximate surface area is 146 Å². The summed E-state index contributed by atoms with van der Waals surface area (Å²) < 4.78 is 15.3. The predicted molar refractivity (Wildman–Crippen MR) is 94.4 cm³/mol. The number of esters is 1. The van der Waals surface area contributed by atoms with Crippen molar-refractivity contribution in [1.82, 2.24) is 0 Å². The number of hydrogen-bond donors (Lipinski definition) is 1. The van der Waals surface area contributed by atoms with Gasteiger partial charge in [0.1, 0.15) is 17.1 Å². The van der Waals surface area contributed by atoms with E-state index in [1.807, 2.05) is 32.0 Å². The quantitative estimate of drug-likeness (QED) is 0.816. The summed E-state index contributed by atoms with van der Waals surface area (Å²) in [5.74, 6) is -0.237. The highest BCUT2D eigenvalue weighted by atomic mass is 16.5. The Hall–Kier alpha value is -3.02. The average molecular weight is 343 g/mol. The predicted octanol–water partition coefficient (Wildman–Crippen LogP) is 3.12. The van der Waals surface area contributed by atoms with Crippen LogP contribution in [0.4, 0.5) is 5.69 Å². The number of anilines is 1. The van der Waals surface area contributed by atoms with E-state index >= 15 is 0 Å². The van der Waals surface area contributed by atoms with E-state index in [1.54, 1.807) is 12.1 Å². The van der Waals surface area contributed by atoms with Crippen molar-refractivity contribution in [2.24, 2.45) is 0 Å². The van der Waals surface area contributed by atoms with Crippen LogP contribution in [0.25, 0.3) is 0 Å². The second kappa shape index (κ2) is 8.19. The lowest BCUT2D eigenvalue weighted by Crippen LogP contribution is -2.21. The van der Waals surface area contributed by atoms with Gasteiger partial charge in [-0.15, -0.1) is 0 Å². The van der Waals surface area contributed by atoms with Gasteiger partial charge in [-0.1, -0.05) is 6.07 Å². The fourth-order valence-corrected chi connectivity index (χ4v) is 2.43. The second-order valence-electron chi connectivity index (χ2n) is 5.57. The number of ether oxygens (including phenoxy) is 3. The van der Waals surface area contributed by atoms with E-state index in [0.717, 1.165) is 11.1 Å². The van der Waals surface area contributed by atoms with Crippen molar-refractivity contribution in [1.29, 1.82) is 0 Å². The smallest absolute Gasteiger partial charge is 0.342 e. The number of carbonyl (C=O) groups excluding carboxylic acids is 2. The van der Waals surface area contributed by atoms with Crippen LogP contribution in [0.1, 0.15) is 21.5 Å². The Morgan fingerprint density at radius 3 is 2.24 bits per heavy atom. The maximum atomic E-state index is 12.2. The van der Waals surface area contributed by atoms with Crippen LogP contribution in [0.2, 0.25) is 0 Å². The lowest BCUT2D eigenvalue weighted by molar-refractivity contribution is -0.119. The molecule has 0 atom stereocenters. The molecule has 6 nitrogen and oxygen atoms in total. The summed E-state index contributed by atoms with van der Waals surface area (Å²) in [5.41, 5.74) is 2.93. The lowest BCUT2D eigenvalue weighted by Gasteiger charge is -2.11. The van der Waals surface area contributed by atoms with Gasteiger partial charge in [0.15, 0.2) is 6.61 Å². The number of amides is 1. The van der Waals surface area contributed by atoms with Crippen LogP contribution in [0, 0.1) is 13.8 Å². The lowest BCUT2D eigenvalue weighted by atomic mass is 10.1. The van der Waals surface area contributed by atoms with E-state index in [9.17, 15) is 9.59 Å². The first-order valence-corrected chi connectivity index (χ1v) is 7.70. The summed E-state index contributed by atoms with van der Waals surface area (Å²) in [6.45, 7) is 3.49. The highest BCUT2D eigenvalue weighted by molar-refractivity contribution is 5.97. The second-order valence-corrected chi connectivity index (χ2v) is 5.57. The number of hydrogen-bond acceptors (Lipinski definition) is 5. The molecule has 0 aliphatic rings. The van der Waals surface area contributed by atoms with Gasteiger partial charge >= 0.3 is 5.97 Å². The van der Waals surface area contributed by atoms with Crippen LogP contribution in [0.5, 0.6) is 11.5 Å². The first kappa shape index (κ1) is 18.3. The number of benzene rings is 2. The van der Waals surface area contributed by atoms with Crippen LogP contribution >= 0.6 is 0 Å². The fraction of sp³-hybridized carbons (Fsp3) is 0.263. The summed E-state index contributed by atoms with van der Waals surface area (Å²) in [4.78, 5) is 24.2. The largest absolute Gasteiger partial charge is 0.497 e. The third-order valence-corrected chi connectivity index (χ3v) is 3.47. The zero-order chi connectivity index (χ0) is 18.4. The summed E-state index contributed by atoms with van der Waals surface area (Å²) in [5, 5.41) is 2.71. The van der Waals surface area contributed by atoms with Gasteiger partial charge in [-0.2, -0.15) is 0 Å². The van der Waals surface area contributed by atoms with Gasteiger partial charge in [0.25, 0.3) is 5.91 Å². The number of rotatable bonds is 6. The van der Waals surface area contributed by atoms with Gasteiger partial charge in [-0.3, -0.25) is 4.79 Å². The molecule has 0 bridgehead atoms. The Balaban J connectivity index is 2.00. The maximum absolute atomic E-state index is 12.2. The molecule has 0 fully saturated rings. The molecule has 6 heteroatoms. The van der Waals surface area contributed by atoms with E-state index in [1.165, 1.54) is 20.3 Å². The van der Waals surface area contributed by atoms with Gasteiger partial charge in [-0.05, 0) is 55.3 Å². The molecule has 132 valence electrons. The van der Waals surface area contributed by atoms with Crippen LogP contribution in [0.3, 0.4) is 0 Å². The Bertz CT molecular complexity index is 765. The summed E-state index contributed by atoms with van der Waals surface area (Å²) in [7, 11) is 2.94. The number of nitrogens with one attached hydrogen (secondary N) is 1. The molecule has 0 heterocycles. The van der Waals surface area contributed by atoms with Crippen LogP contribution < -0.4 is 14.8 Å². The highest BCUT2D eigenvalue weighted by Gasteiger charge is 2.16. The molecule has 0 saturated carbocycles. The van der Waals surface area contributed by atoms with Crippen molar-refractivity contribution >= 4 is 17.6 Å². The fourth-order valence-electron chi connectivity index (χ4n) is 2.43. The van der Waals surface area contributed by atoms with Gasteiger partial charge < -0.3 is 19.5 Å². The minimum absolute atomic E-state index is 0.195. The van der Waals surface area contributed by atoms with Crippen molar-refractivity contribution < 1.29 is 23.8 Å². The molecule has 25 heavy (non-hydrogen) atoms. The van der Waals surface area contributed by atoms with Gasteiger partial charge in [0, 0.05) is 5.69 Å². The summed E-state index contributed by atoms with van der Waals surface area (Å²) >= 11 is 0. The van der Waals surface area contributed by atoms with E-state index in [-0.39, 0.29) is 5.56 Å². The Morgan fingerprint density at radius 1 is 0.960 bits per heavy atom. The molecular weight excluding hydrogens is 322 g/mol. The average Bonchev–Trinajstić information content (AvgIpc) is 2.58. The third kappa shape index (κ3) is 4.97. The maximum Gasteiger partial charge on any atom is 0.342 e. The molecule has 0 aliphatic carbocycles. The van der Waals surface area contributed by atoms with Crippen molar-refractivity contribution in [2.75, 3.05) is 26.1 Å². The minimum Gasteiger partial charge on any atom is -0.497 e. The molecular formula is C19H21NO5. The van der Waals surface area contributed by atoms with E-state index in [2.05, 4.69) is 5.32 Å². The van der Waals surface area contributed by atoms with Crippen molar-refractivity contribution in [2.45, 2.75) is 13.8 Å². The molecule has 0 unspecified atom stereocenters. The Kier molecular flexibility index (Phi) is 6.00. The molecule has 2 aromatic rings. The first-order chi connectivity index (χ1) is 11.9. The molecule has 1 amide bonds.